The van der Waals surface area contributed by atoms with Crippen molar-refractivity contribution in [3.63, 3.8) is 0 Å². The van der Waals surface area contributed by atoms with E-state index in [1.807, 2.05) is 13.8 Å². The van der Waals surface area contributed by atoms with E-state index in [0.29, 0.717) is 17.8 Å². The molecule has 0 aliphatic heterocycles. The molecule has 0 aliphatic carbocycles. The largest absolute Gasteiger partial charge is 0.478 e. The number of aromatic carboxylic acids is 1. The van der Waals surface area contributed by atoms with Crippen molar-refractivity contribution in [2.75, 3.05) is 17.7 Å². The molecule has 1 aromatic carbocycles. The number of rotatable bonds is 5. The second-order valence-corrected chi connectivity index (χ2v) is 4.75. The van der Waals surface area contributed by atoms with Gasteiger partial charge in [-0.1, -0.05) is 20.3 Å². The number of nitrogens with two attached hydrogens (primary N) is 1. The minimum absolute atomic E-state index is 0.0417. The van der Waals surface area contributed by atoms with Crippen LogP contribution in [0.4, 0.5) is 11.4 Å². The molecule has 0 aromatic heterocycles. The van der Waals surface area contributed by atoms with Crippen LogP contribution in [-0.2, 0) is 4.79 Å². The molecule has 1 amide bonds. The fourth-order valence-corrected chi connectivity index (χ4v) is 1.73. The Balaban J connectivity index is 3.02. The molecule has 1 atom stereocenters. The van der Waals surface area contributed by atoms with Gasteiger partial charge in [0.15, 0.2) is 0 Å². The Morgan fingerprint density at radius 3 is 2.58 bits per heavy atom. The molecule has 1 unspecified atom stereocenters. The summed E-state index contributed by atoms with van der Waals surface area (Å²) >= 11 is 0. The molecule has 0 saturated heterocycles. The molecule has 3 N–H and O–H groups in total. The van der Waals surface area contributed by atoms with Gasteiger partial charge in [0.1, 0.15) is 0 Å². The predicted molar refractivity (Wildman–Crippen MR) is 75.3 cm³/mol. The average molecular weight is 264 g/mol. The molecule has 19 heavy (non-hydrogen) atoms. The van der Waals surface area contributed by atoms with E-state index < -0.39 is 5.97 Å². The van der Waals surface area contributed by atoms with Gasteiger partial charge in [0.2, 0.25) is 5.91 Å². The van der Waals surface area contributed by atoms with Crippen molar-refractivity contribution in [1.29, 1.82) is 0 Å². The summed E-state index contributed by atoms with van der Waals surface area (Å²) < 4.78 is 0. The molecule has 0 radical (unpaired) electrons. The number of carbonyl (C=O) groups is 2. The summed E-state index contributed by atoms with van der Waals surface area (Å²) in [5.74, 6) is -0.913. The molecule has 5 nitrogen and oxygen atoms in total. The van der Waals surface area contributed by atoms with Crippen LogP contribution in [0, 0.1) is 5.92 Å². The van der Waals surface area contributed by atoms with E-state index in [1.54, 1.807) is 19.2 Å². The lowest BCUT2D eigenvalue weighted by Gasteiger charge is -2.21. The van der Waals surface area contributed by atoms with E-state index >= 15 is 0 Å². The summed E-state index contributed by atoms with van der Waals surface area (Å²) in [6.45, 7) is 4.01. The Labute approximate surface area is 113 Å². The van der Waals surface area contributed by atoms with Crippen LogP contribution in [0.1, 0.15) is 37.0 Å². The second kappa shape index (κ2) is 6.22. The SMILES string of the molecule is CCC(C)CC(=O)N(C)c1ccc(N)cc1C(=O)O. The van der Waals surface area contributed by atoms with Gasteiger partial charge < -0.3 is 15.7 Å². The van der Waals surface area contributed by atoms with Gasteiger partial charge in [-0.2, -0.15) is 0 Å². The lowest BCUT2D eigenvalue weighted by molar-refractivity contribution is -0.119. The zero-order valence-corrected chi connectivity index (χ0v) is 11.5. The molecule has 0 spiro atoms. The molecule has 104 valence electrons. The molecule has 0 aliphatic rings. The highest BCUT2D eigenvalue weighted by Gasteiger charge is 2.19. The number of hydrogen-bond acceptors (Lipinski definition) is 3. The van der Waals surface area contributed by atoms with Crippen LogP contribution in [-0.4, -0.2) is 24.0 Å². The highest BCUT2D eigenvalue weighted by molar-refractivity contribution is 6.02. The minimum Gasteiger partial charge on any atom is -0.478 e. The van der Waals surface area contributed by atoms with Crippen molar-refractivity contribution in [3.05, 3.63) is 23.8 Å². The summed E-state index contributed by atoms with van der Waals surface area (Å²) in [4.78, 5) is 24.6. The van der Waals surface area contributed by atoms with E-state index in [9.17, 15) is 9.59 Å². The molecule has 5 heteroatoms. The Hall–Kier alpha value is -2.04. The maximum atomic E-state index is 12.1. The van der Waals surface area contributed by atoms with Gasteiger partial charge in [0.25, 0.3) is 0 Å². The molecular weight excluding hydrogens is 244 g/mol. The summed E-state index contributed by atoms with van der Waals surface area (Å²) in [5.41, 5.74) is 6.35. The van der Waals surface area contributed by atoms with E-state index in [-0.39, 0.29) is 17.4 Å². The fourth-order valence-electron chi connectivity index (χ4n) is 1.73. The first-order chi connectivity index (χ1) is 8.86. The zero-order chi connectivity index (χ0) is 14.6. The quantitative estimate of drug-likeness (QED) is 0.800. The second-order valence-electron chi connectivity index (χ2n) is 4.75. The maximum Gasteiger partial charge on any atom is 0.337 e. The Kier molecular flexibility index (Phi) is 4.92. The van der Waals surface area contributed by atoms with Crippen LogP contribution >= 0.6 is 0 Å². The highest BCUT2D eigenvalue weighted by Crippen LogP contribution is 2.23. The van der Waals surface area contributed by atoms with Crippen molar-refractivity contribution in [1.82, 2.24) is 0 Å². The third-order valence-electron chi connectivity index (χ3n) is 3.21. The summed E-state index contributed by atoms with van der Waals surface area (Å²) in [7, 11) is 1.59. The zero-order valence-electron chi connectivity index (χ0n) is 11.5. The van der Waals surface area contributed by atoms with Crippen LogP contribution < -0.4 is 10.6 Å². The number of hydrogen-bond donors (Lipinski definition) is 2. The van der Waals surface area contributed by atoms with E-state index in [0.717, 1.165) is 6.42 Å². The molecule has 0 fully saturated rings. The van der Waals surface area contributed by atoms with Gasteiger partial charge in [0.05, 0.1) is 11.3 Å². The van der Waals surface area contributed by atoms with Gasteiger partial charge in [0, 0.05) is 19.2 Å². The first kappa shape index (κ1) is 15.0. The molecule has 0 saturated carbocycles. The van der Waals surface area contributed by atoms with Crippen LogP contribution in [0.25, 0.3) is 0 Å². The van der Waals surface area contributed by atoms with E-state index in [4.69, 9.17) is 10.8 Å². The van der Waals surface area contributed by atoms with Crippen molar-refractivity contribution in [3.8, 4) is 0 Å². The molecular formula is C14H20N2O3. The third kappa shape index (κ3) is 3.71. The Morgan fingerprint density at radius 1 is 1.42 bits per heavy atom. The summed E-state index contributed by atoms with van der Waals surface area (Å²) in [5, 5.41) is 9.16. The predicted octanol–water partition coefficient (Wildman–Crippen LogP) is 2.37. The lowest BCUT2D eigenvalue weighted by atomic mass is 10.0. The van der Waals surface area contributed by atoms with Crippen LogP contribution in [0.2, 0.25) is 0 Å². The number of carbonyl (C=O) groups excluding carboxylic acids is 1. The van der Waals surface area contributed by atoms with Crippen molar-refractivity contribution >= 4 is 23.3 Å². The standard InChI is InChI=1S/C14H20N2O3/c1-4-9(2)7-13(17)16(3)12-6-5-10(15)8-11(12)14(18)19/h5-6,8-9H,4,7,15H2,1-3H3,(H,18,19). The highest BCUT2D eigenvalue weighted by atomic mass is 16.4. The van der Waals surface area contributed by atoms with E-state index in [2.05, 4.69) is 0 Å². The molecule has 0 heterocycles. The number of amides is 1. The molecule has 0 bridgehead atoms. The fraction of sp³-hybridized carbons (Fsp3) is 0.429. The first-order valence-electron chi connectivity index (χ1n) is 6.26. The molecule has 1 aromatic rings. The smallest absolute Gasteiger partial charge is 0.337 e. The number of nitrogens with zero attached hydrogens (tertiary/aromatic N) is 1. The number of carboxylic acid groups (broad SMARTS) is 1. The first-order valence-corrected chi connectivity index (χ1v) is 6.26. The normalized spacial score (nSPS) is 11.9. The van der Waals surface area contributed by atoms with Crippen LogP contribution in [0.15, 0.2) is 18.2 Å². The van der Waals surface area contributed by atoms with Gasteiger partial charge in [-0.25, -0.2) is 4.79 Å². The average Bonchev–Trinajstić information content (AvgIpc) is 2.37. The topological polar surface area (TPSA) is 83.6 Å². The number of carboxylic acids is 1. The van der Waals surface area contributed by atoms with Gasteiger partial charge in [-0.15, -0.1) is 0 Å². The van der Waals surface area contributed by atoms with Crippen molar-refractivity contribution in [2.24, 2.45) is 5.92 Å². The number of nitrogen functional groups attached to an aromatic ring is 1. The Bertz CT molecular complexity index is 486. The number of benzene rings is 1. The van der Waals surface area contributed by atoms with Crippen molar-refractivity contribution in [2.45, 2.75) is 26.7 Å². The van der Waals surface area contributed by atoms with Gasteiger partial charge in [-0.05, 0) is 24.1 Å². The van der Waals surface area contributed by atoms with Crippen LogP contribution in [0.3, 0.4) is 0 Å². The Morgan fingerprint density at radius 2 is 2.05 bits per heavy atom. The summed E-state index contributed by atoms with van der Waals surface area (Å²) in [6.07, 6.45) is 1.31. The monoisotopic (exact) mass is 264 g/mol. The van der Waals surface area contributed by atoms with E-state index in [1.165, 1.54) is 11.0 Å². The maximum absolute atomic E-state index is 12.1. The third-order valence-corrected chi connectivity index (χ3v) is 3.21. The minimum atomic E-state index is -1.09. The number of anilines is 2. The molecule has 1 rings (SSSR count). The van der Waals surface area contributed by atoms with Gasteiger partial charge in [-0.3, -0.25) is 4.79 Å². The van der Waals surface area contributed by atoms with Crippen LogP contribution in [0.5, 0.6) is 0 Å². The lowest BCUT2D eigenvalue weighted by Crippen LogP contribution is -2.29. The van der Waals surface area contributed by atoms with Crippen molar-refractivity contribution < 1.29 is 14.7 Å². The summed E-state index contributed by atoms with van der Waals surface area (Å²) in [6, 6.07) is 4.52. The van der Waals surface area contributed by atoms with Gasteiger partial charge >= 0.3 is 5.97 Å².